The number of nitrogens with zero attached hydrogens (tertiary/aromatic N) is 1. The van der Waals surface area contributed by atoms with Crippen molar-refractivity contribution in [1.29, 1.82) is 0 Å². The molecular weight excluding hydrogens is 300 g/mol. The van der Waals surface area contributed by atoms with E-state index in [9.17, 15) is 4.79 Å². The number of aryl methyl sites for hydroxylation is 1. The minimum atomic E-state index is -0.0436. The van der Waals surface area contributed by atoms with E-state index in [0.717, 1.165) is 27.5 Å². The molecule has 4 aromatic rings. The maximum atomic E-state index is 12.7. The van der Waals surface area contributed by atoms with Crippen LogP contribution in [0.4, 0.5) is 0 Å². The molecule has 0 atom stereocenters. The molecule has 0 radical (unpaired) electrons. The van der Waals surface area contributed by atoms with Crippen LogP contribution >= 0.6 is 0 Å². The van der Waals surface area contributed by atoms with Gasteiger partial charge in [-0.05, 0) is 25.1 Å². The molecule has 0 amide bonds. The zero-order valence-electron chi connectivity index (χ0n) is 13.2. The summed E-state index contributed by atoms with van der Waals surface area (Å²) >= 11 is 0. The van der Waals surface area contributed by atoms with Gasteiger partial charge in [-0.1, -0.05) is 36.4 Å². The lowest BCUT2D eigenvalue weighted by atomic mass is 10.1. The number of nitrogens with one attached hydrogen (secondary N) is 1. The van der Waals surface area contributed by atoms with E-state index in [1.807, 2.05) is 61.5 Å². The topological polar surface area (TPSA) is 55.0 Å². The van der Waals surface area contributed by atoms with Gasteiger partial charge in [0.1, 0.15) is 11.3 Å². The third-order valence-electron chi connectivity index (χ3n) is 4.13. The van der Waals surface area contributed by atoms with Gasteiger partial charge in [-0.25, -0.2) is 0 Å². The summed E-state index contributed by atoms with van der Waals surface area (Å²) in [7, 11) is 0. The first-order valence-corrected chi connectivity index (χ1v) is 7.81. The molecule has 2 aromatic carbocycles. The van der Waals surface area contributed by atoms with E-state index in [0.29, 0.717) is 11.3 Å². The van der Waals surface area contributed by atoms with Crippen LogP contribution in [0.25, 0.3) is 21.8 Å². The van der Waals surface area contributed by atoms with Crippen LogP contribution in [-0.4, -0.2) is 22.4 Å². The largest absolute Gasteiger partial charge is 0.483 e. The fourth-order valence-electron chi connectivity index (χ4n) is 3.04. The Morgan fingerprint density at radius 2 is 1.92 bits per heavy atom. The molecule has 0 aliphatic rings. The van der Waals surface area contributed by atoms with Crippen molar-refractivity contribution in [2.45, 2.75) is 6.92 Å². The smallest absolute Gasteiger partial charge is 0.202 e. The van der Waals surface area contributed by atoms with Gasteiger partial charge in [-0.2, -0.15) is 0 Å². The molecule has 118 valence electrons. The normalized spacial score (nSPS) is 11.0. The second kappa shape index (κ2) is 5.81. The second-order valence-corrected chi connectivity index (χ2v) is 5.71. The highest BCUT2D eigenvalue weighted by atomic mass is 16.5. The molecule has 24 heavy (non-hydrogen) atoms. The Labute approximate surface area is 139 Å². The molecule has 0 spiro atoms. The average Bonchev–Trinajstić information content (AvgIpc) is 2.95. The highest BCUT2D eigenvalue weighted by Gasteiger charge is 2.16. The van der Waals surface area contributed by atoms with Gasteiger partial charge in [0.05, 0.1) is 0 Å². The fourth-order valence-corrected chi connectivity index (χ4v) is 3.04. The Morgan fingerprint density at radius 1 is 1.08 bits per heavy atom. The molecule has 4 heteroatoms. The van der Waals surface area contributed by atoms with Crippen LogP contribution in [0.2, 0.25) is 0 Å². The van der Waals surface area contributed by atoms with Gasteiger partial charge in [0, 0.05) is 33.7 Å². The number of carbonyl (C=O) groups excluding carboxylic acids is 1. The van der Waals surface area contributed by atoms with E-state index in [-0.39, 0.29) is 12.4 Å². The number of H-pyrrole nitrogens is 1. The number of Topliss-reactive ketones (excluding diaryl/α,β-unsaturated/α-hetero) is 1. The molecule has 2 heterocycles. The van der Waals surface area contributed by atoms with Gasteiger partial charge in [0.15, 0.2) is 6.61 Å². The lowest BCUT2D eigenvalue weighted by Gasteiger charge is -2.08. The monoisotopic (exact) mass is 316 g/mol. The molecule has 0 bridgehead atoms. The molecule has 4 rings (SSSR count). The Hall–Kier alpha value is -3.14. The second-order valence-electron chi connectivity index (χ2n) is 5.71. The van der Waals surface area contributed by atoms with Crippen molar-refractivity contribution >= 4 is 27.6 Å². The van der Waals surface area contributed by atoms with Crippen LogP contribution < -0.4 is 4.74 Å². The van der Waals surface area contributed by atoms with E-state index in [2.05, 4.69) is 9.97 Å². The number of pyridine rings is 1. The summed E-state index contributed by atoms with van der Waals surface area (Å²) in [6.07, 6.45) is 1.72. The number of hydrogen-bond acceptors (Lipinski definition) is 3. The Morgan fingerprint density at radius 3 is 2.83 bits per heavy atom. The highest BCUT2D eigenvalue weighted by Crippen LogP contribution is 2.25. The predicted octanol–water partition coefficient (Wildman–Crippen LogP) is 4.29. The number of fused-ring (bicyclic) bond motifs is 2. The van der Waals surface area contributed by atoms with Gasteiger partial charge in [0.25, 0.3) is 0 Å². The van der Waals surface area contributed by atoms with E-state index < -0.39 is 0 Å². The van der Waals surface area contributed by atoms with Crippen LogP contribution in [0.15, 0.2) is 60.8 Å². The summed E-state index contributed by atoms with van der Waals surface area (Å²) in [5.41, 5.74) is 3.29. The molecule has 1 N–H and O–H groups in total. The molecule has 2 aromatic heterocycles. The number of carbonyl (C=O) groups is 1. The zero-order valence-corrected chi connectivity index (χ0v) is 13.2. The summed E-state index contributed by atoms with van der Waals surface area (Å²) in [5.74, 6) is 0.580. The van der Waals surface area contributed by atoms with Crippen molar-refractivity contribution in [2.75, 3.05) is 6.61 Å². The van der Waals surface area contributed by atoms with Crippen molar-refractivity contribution < 1.29 is 9.53 Å². The van der Waals surface area contributed by atoms with Crippen molar-refractivity contribution in [3.8, 4) is 5.75 Å². The quantitative estimate of drug-likeness (QED) is 0.572. The molecule has 4 nitrogen and oxygen atoms in total. The molecule has 0 unspecified atom stereocenters. The van der Waals surface area contributed by atoms with Gasteiger partial charge in [-0.15, -0.1) is 0 Å². The van der Waals surface area contributed by atoms with E-state index in [4.69, 9.17) is 4.74 Å². The lowest BCUT2D eigenvalue weighted by molar-refractivity contribution is 0.0923. The Kier molecular flexibility index (Phi) is 3.50. The van der Waals surface area contributed by atoms with E-state index in [1.165, 1.54) is 0 Å². The standard InChI is InChI=1S/C20H16N2O2/c1-13-19(15-8-2-3-9-16(15)22-13)17(23)12-24-18-10-4-6-14-7-5-11-21-20(14)18/h2-11,22H,12H2,1H3. The Bertz CT molecular complexity index is 1040. The summed E-state index contributed by atoms with van der Waals surface area (Å²) in [4.78, 5) is 20.3. The van der Waals surface area contributed by atoms with Gasteiger partial charge >= 0.3 is 0 Å². The summed E-state index contributed by atoms with van der Waals surface area (Å²) in [6.45, 7) is 1.89. The van der Waals surface area contributed by atoms with Crippen LogP contribution in [0, 0.1) is 6.92 Å². The predicted molar refractivity (Wildman–Crippen MR) is 94.6 cm³/mol. The van der Waals surface area contributed by atoms with Crippen LogP contribution in [0.5, 0.6) is 5.75 Å². The third-order valence-corrected chi connectivity index (χ3v) is 4.13. The molecule has 0 saturated heterocycles. The minimum absolute atomic E-state index is 0.0155. The fraction of sp³-hybridized carbons (Fsp3) is 0.100. The number of ketones is 1. The number of ether oxygens (including phenoxy) is 1. The zero-order chi connectivity index (χ0) is 16.5. The van der Waals surface area contributed by atoms with E-state index >= 15 is 0 Å². The van der Waals surface area contributed by atoms with Crippen LogP contribution in [0.1, 0.15) is 16.1 Å². The summed E-state index contributed by atoms with van der Waals surface area (Å²) < 4.78 is 5.78. The van der Waals surface area contributed by atoms with Crippen LogP contribution in [-0.2, 0) is 0 Å². The maximum Gasteiger partial charge on any atom is 0.202 e. The third kappa shape index (κ3) is 2.42. The SMILES string of the molecule is Cc1[nH]c2ccccc2c1C(=O)COc1cccc2cccnc12. The maximum absolute atomic E-state index is 12.7. The average molecular weight is 316 g/mol. The number of hydrogen-bond donors (Lipinski definition) is 1. The first-order chi connectivity index (χ1) is 11.7. The molecule has 0 aliphatic heterocycles. The molecule has 0 fully saturated rings. The first kappa shape index (κ1) is 14.5. The Balaban J connectivity index is 1.63. The van der Waals surface area contributed by atoms with Gasteiger partial charge < -0.3 is 9.72 Å². The van der Waals surface area contributed by atoms with E-state index in [1.54, 1.807) is 6.20 Å². The lowest BCUT2D eigenvalue weighted by Crippen LogP contribution is -2.12. The first-order valence-electron chi connectivity index (χ1n) is 7.81. The minimum Gasteiger partial charge on any atom is -0.483 e. The number of aromatic nitrogens is 2. The van der Waals surface area contributed by atoms with Gasteiger partial charge in [0.2, 0.25) is 5.78 Å². The van der Waals surface area contributed by atoms with Crippen molar-refractivity contribution in [3.05, 3.63) is 72.1 Å². The number of benzene rings is 2. The highest BCUT2D eigenvalue weighted by molar-refractivity contribution is 6.10. The van der Waals surface area contributed by atoms with Crippen molar-refractivity contribution in [2.24, 2.45) is 0 Å². The van der Waals surface area contributed by atoms with Gasteiger partial charge in [-0.3, -0.25) is 9.78 Å². The summed E-state index contributed by atoms with van der Waals surface area (Å²) in [6, 6.07) is 17.4. The molecule has 0 aliphatic carbocycles. The number of para-hydroxylation sites is 2. The van der Waals surface area contributed by atoms with Crippen molar-refractivity contribution in [3.63, 3.8) is 0 Å². The van der Waals surface area contributed by atoms with Crippen molar-refractivity contribution in [1.82, 2.24) is 9.97 Å². The van der Waals surface area contributed by atoms with Crippen LogP contribution in [0.3, 0.4) is 0 Å². The number of rotatable bonds is 4. The molecular formula is C20H16N2O2. The summed E-state index contributed by atoms with van der Waals surface area (Å²) in [5, 5.41) is 1.92. The number of aromatic amines is 1. The molecule has 0 saturated carbocycles.